The number of primary amides is 1. The predicted molar refractivity (Wildman–Crippen MR) is 100 cm³/mol. The van der Waals surface area contributed by atoms with Crippen molar-refractivity contribution in [2.45, 2.75) is 40.9 Å². The van der Waals surface area contributed by atoms with E-state index in [0.717, 1.165) is 0 Å². The van der Waals surface area contributed by atoms with Crippen LogP contribution in [0.1, 0.15) is 33.3 Å². The molecule has 152 valence electrons. The quantitative estimate of drug-likeness (QED) is 0.423. The van der Waals surface area contributed by atoms with E-state index in [1.54, 1.807) is 39.0 Å². The summed E-state index contributed by atoms with van der Waals surface area (Å²) in [6, 6.07) is 4.89. The summed E-state index contributed by atoms with van der Waals surface area (Å²) in [5.41, 5.74) is 5.05. The number of nitrogens with two attached hydrogens (primary N) is 1. The number of hydrogen-bond acceptors (Lipinski definition) is 4. The average molecular weight is 386 g/mol. The third-order valence-corrected chi connectivity index (χ3v) is 3.68. The van der Waals surface area contributed by atoms with Crippen molar-refractivity contribution in [1.82, 2.24) is 10.6 Å². The van der Waals surface area contributed by atoms with Crippen LogP contribution in [0.3, 0.4) is 0 Å². The molecule has 27 heavy (non-hydrogen) atoms. The third-order valence-electron chi connectivity index (χ3n) is 3.68. The van der Waals surface area contributed by atoms with Gasteiger partial charge in [0.05, 0.1) is 18.6 Å². The third kappa shape index (κ3) is 7.28. The Morgan fingerprint density at radius 3 is 2.56 bits per heavy atom. The van der Waals surface area contributed by atoms with Crippen LogP contribution in [0.5, 0.6) is 11.5 Å². The first-order chi connectivity index (χ1) is 12.7. The zero-order valence-electron chi connectivity index (χ0n) is 16.1. The molecule has 0 saturated carbocycles. The zero-order chi connectivity index (χ0) is 20.4. The van der Waals surface area contributed by atoms with Gasteiger partial charge in [-0.25, -0.2) is 4.99 Å². The summed E-state index contributed by atoms with van der Waals surface area (Å²) < 4.78 is 35.6. The number of halogens is 2. The Balaban J connectivity index is 3.01. The molecule has 1 rings (SSSR count). The second-order valence-electron chi connectivity index (χ2n) is 6.35. The maximum Gasteiger partial charge on any atom is 0.387 e. The molecule has 0 bridgehead atoms. The van der Waals surface area contributed by atoms with Crippen molar-refractivity contribution in [3.8, 4) is 11.5 Å². The number of aliphatic imine (C=N–C) groups is 1. The van der Waals surface area contributed by atoms with Crippen LogP contribution in [0.15, 0.2) is 23.2 Å². The van der Waals surface area contributed by atoms with E-state index in [-0.39, 0.29) is 24.6 Å². The standard InChI is InChI=1S/C18H28F2N4O3/c1-5-22-17(24-11-18(3,4)15(21)25)23-10-12-8-7-9-13(26-6-2)14(12)27-16(19)20/h7-9,16H,5-6,10-11H2,1-4H3,(H2,21,25)(H2,22,23,24). The van der Waals surface area contributed by atoms with Crippen LogP contribution in [-0.2, 0) is 11.3 Å². The van der Waals surface area contributed by atoms with Crippen LogP contribution in [0.4, 0.5) is 8.78 Å². The van der Waals surface area contributed by atoms with Crippen molar-refractivity contribution in [2.24, 2.45) is 16.1 Å². The Morgan fingerprint density at radius 1 is 1.30 bits per heavy atom. The molecule has 0 heterocycles. The maximum absolute atomic E-state index is 12.8. The molecule has 0 aliphatic rings. The lowest BCUT2D eigenvalue weighted by Gasteiger charge is -2.22. The number of benzene rings is 1. The van der Waals surface area contributed by atoms with Gasteiger partial charge in [0.2, 0.25) is 5.91 Å². The topological polar surface area (TPSA) is 98.0 Å². The predicted octanol–water partition coefficient (Wildman–Crippen LogP) is 2.25. The van der Waals surface area contributed by atoms with Gasteiger partial charge in [0, 0.05) is 18.7 Å². The smallest absolute Gasteiger partial charge is 0.387 e. The molecule has 0 aliphatic carbocycles. The van der Waals surface area contributed by atoms with Gasteiger partial charge in [-0.15, -0.1) is 0 Å². The molecule has 0 spiro atoms. The Hall–Kier alpha value is -2.58. The molecule has 0 radical (unpaired) electrons. The first-order valence-corrected chi connectivity index (χ1v) is 8.72. The Kier molecular flexibility index (Phi) is 8.77. The second-order valence-corrected chi connectivity index (χ2v) is 6.35. The lowest BCUT2D eigenvalue weighted by Crippen LogP contribution is -2.46. The van der Waals surface area contributed by atoms with Crippen molar-refractivity contribution in [3.63, 3.8) is 0 Å². The van der Waals surface area contributed by atoms with E-state index in [0.29, 0.717) is 24.7 Å². The van der Waals surface area contributed by atoms with Gasteiger partial charge < -0.3 is 25.8 Å². The Labute approximate surface area is 158 Å². The fourth-order valence-corrected chi connectivity index (χ4v) is 2.08. The molecular weight excluding hydrogens is 358 g/mol. The number of nitrogens with one attached hydrogen (secondary N) is 2. The highest BCUT2D eigenvalue weighted by atomic mass is 19.3. The molecule has 0 aromatic heterocycles. The molecule has 1 aromatic rings. The first-order valence-electron chi connectivity index (χ1n) is 8.72. The van der Waals surface area contributed by atoms with E-state index < -0.39 is 17.9 Å². The van der Waals surface area contributed by atoms with E-state index >= 15 is 0 Å². The lowest BCUT2D eigenvalue weighted by molar-refractivity contribution is -0.125. The van der Waals surface area contributed by atoms with Gasteiger partial charge >= 0.3 is 6.61 Å². The van der Waals surface area contributed by atoms with Gasteiger partial charge in [-0.05, 0) is 33.8 Å². The van der Waals surface area contributed by atoms with Gasteiger partial charge in [-0.3, -0.25) is 4.79 Å². The molecule has 1 aromatic carbocycles. The number of rotatable bonds is 10. The fourth-order valence-electron chi connectivity index (χ4n) is 2.08. The normalized spacial score (nSPS) is 12.0. The molecule has 0 fully saturated rings. The number of hydrogen-bond donors (Lipinski definition) is 3. The highest BCUT2D eigenvalue weighted by Gasteiger charge is 2.25. The lowest BCUT2D eigenvalue weighted by atomic mass is 9.93. The highest BCUT2D eigenvalue weighted by Crippen LogP contribution is 2.33. The average Bonchev–Trinajstić information content (AvgIpc) is 2.59. The van der Waals surface area contributed by atoms with Crippen molar-refractivity contribution in [2.75, 3.05) is 19.7 Å². The number of amides is 1. The summed E-state index contributed by atoms with van der Waals surface area (Å²) in [6.45, 7) is 5.35. The van der Waals surface area contributed by atoms with Gasteiger partial charge in [0.25, 0.3) is 0 Å². The summed E-state index contributed by atoms with van der Waals surface area (Å²) in [7, 11) is 0. The molecule has 9 heteroatoms. The van der Waals surface area contributed by atoms with E-state index in [1.807, 2.05) is 6.92 Å². The Bertz CT molecular complexity index is 651. The largest absolute Gasteiger partial charge is 0.490 e. The second kappa shape index (κ2) is 10.5. The van der Waals surface area contributed by atoms with E-state index in [9.17, 15) is 13.6 Å². The van der Waals surface area contributed by atoms with Gasteiger partial charge in [0.15, 0.2) is 17.5 Å². The number of alkyl halides is 2. The minimum atomic E-state index is -2.97. The van der Waals surface area contributed by atoms with Crippen LogP contribution in [0.2, 0.25) is 0 Å². The number of para-hydroxylation sites is 1. The minimum Gasteiger partial charge on any atom is -0.490 e. The number of guanidine groups is 1. The molecule has 0 aliphatic heterocycles. The summed E-state index contributed by atoms with van der Waals surface area (Å²) in [5.74, 6) is 0.184. The molecule has 7 nitrogen and oxygen atoms in total. The molecule has 0 saturated heterocycles. The number of nitrogens with zero attached hydrogens (tertiary/aromatic N) is 1. The van der Waals surface area contributed by atoms with Crippen molar-refractivity contribution in [3.05, 3.63) is 23.8 Å². The fraction of sp³-hybridized carbons (Fsp3) is 0.556. The number of ether oxygens (including phenoxy) is 2. The van der Waals surface area contributed by atoms with E-state index in [4.69, 9.17) is 10.5 Å². The maximum atomic E-state index is 12.8. The molecule has 0 unspecified atom stereocenters. The Morgan fingerprint density at radius 2 is 2.00 bits per heavy atom. The van der Waals surface area contributed by atoms with Crippen LogP contribution >= 0.6 is 0 Å². The minimum absolute atomic E-state index is 0.0357. The zero-order valence-corrected chi connectivity index (χ0v) is 16.1. The molecule has 1 amide bonds. The van der Waals surface area contributed by atoms with Gasteiger partial charge in [-0.2, -0.15) is 8.78 Å². The van der Waals surface area contributed by atoms with Gasteiger partial charge in [0.1, 0.15) is 0 Å². The molecule has 4 N–H and O–H groups in total. The van der Waals surface area contributed by atoms with E-state index in [2.05, 4.69) is 20.4 Å². The summed E-state index contributed by atoms with van der Waals surface area (Å²) in [5, 5.41) is 6.06. The first kappa shape index (κ1) is 22.5. The van der Waals surface area contributed by atoms with E-state index in [1.165, 1.54) is 0 Å². The highest BCUT2D eigenvalue weighted by molar-refractivity contribution is 5.83. The molecular formula is C18H28F2N4O3. The monoisotopic (exact) mass is 386 g/mol. The van der Waals surface area contributed by atoms with Crippen LogP contribution in [-0.4, -0.2) is 38.2 Å². The summed E-state index contributed by atoms with van der Waals surface area (Å²) >= 11 is 0. The SMILES string of the molecule is CCNC(=NCc1cccc(OCC)c1OC(F)F)NCC(C)(C)C(N)=O. The van der Waals surface area contributed by atoms with Crippen LogP contribution < -0.4 is 25.8 Å². The summed E-state index contributed by atoms with van der Waals surface area (Å²) in [6.07, 6.45) is 0. The number of carbonyl (C=O) groups excluding carboxylic acids is 1. The van der Waals surface area contributed by atoms with Crippen LogP contribution in [0.25, 0.3) is 0 Å². The van der Waals surface area contributed by atoms with Gasteiger partial charge in [-0.1, -0.05) is 12.1 Å². The van der Waals surface area contributed by atoms with Crippen molar-refractivity contribution < 1.29 is 23.0 Å². The van der Waals surface area contributed by atoms with Crippen molar-refractivity contribution >= 4 is 11.9 Å². The summed E-state index contributed by atoms with van der Waals surface area (Å²) in [4.78, 5) is 15.8. The molecule has 0 atom stereocenters. The van der Waals surface area contributed by atoms with Crippen molar-refractivity contribution in [1.29, 1.82) is 0 Å². The number of carbonyl (C=O) groups is 1. The van der Waals surface area contributed by atoms with Crippen LogP contribution in [0, 0.1) is 5.41 Å².